The first-order valence-corrected chi connectivity index (χ1v) is 6.92. The van der Waals surface area contributed by atoms with Crippen LogP contribution < -0.4 is 5.32 Å². The van der Waals surface area contributed by atoms with Gasteiger partial charge in [0.05, 0.1) is 10.6 Å². The van der Waals surface area contributed by atoms with E-state index in [-0.39, 0.29) is 11.3 Å². The maximum absolute atomic E-state index is 13.7. The zero-order chi connectivity index (χ0) is 17.7. The van der Waals surface area contributed by atoms with Gasteiger partial charge < -0.3 is 5.32 Å². The maximum atomic E-state index is 13.7. The van der Waals surface area contributed by atoms with Gasteiger partial charge in [0.25, 0.3) is 11.6 Å². The van der Waals surface area contributed by atoms with E-state index in [1.54, 1.807) is 30.3 Å². The van der Waals surface area contributed by atoms with Gasteiger partial charge in [-0.25, -0.2) is 4.39 Å². The van der Waals surface area contributed by atoms with Gasteiger partial charge in [-0.2, -0.15) is 5.26 Å². The summed E-state index contributed by atoms with van der Waals surface area (Å²) in [4.78, 5) is 22.1. The number of amides is 1. The third kappa shape index (κ3) is 3.94. The van der Waals surface area contributed by atoms with Gasteiger partial charge in [-0.15, -0.1) is 0 Å². The van der Waals surface area contributed by atoms with Crippen molar-refractivity contribution in [2.45, 2.75) is 0 Å². The number of nitro benzene ring substituents is 1. The molecule has 0 radical (unpaired) electrons. The van der Waals surface area contributed by atoms with Crippen LogP contribution in [0.4, 0.5) is 15.8 Å². The number of nitrogens with zero attached hydrogens (tertiary/aromatic N) is 2. The molecule has 0 saturated carbocycles. The summed E-state index contributed by atoms with van der Waals surface area (Å²) in [6.07, 6.45) is 1.24. The highest BCUT2D eigenvalue weighted by Crippen LogP contribution is 2.23. The molecule has 0 aliphatic rings. The van der Waals surface area contributed by atoms with Gasteiger partial charge in [-0.3, -0.25) is 14.9 Å². The normalized spacial score (nSPS) is 10.8. The van der Waals surface area contributed by atoms with E-state index in [0.717, 1.165) is 18.2 Å². The van der Waals surface area contributed by atoms with E-state index in [4.69, 9.17) is 16.9 Å². The molecule has 0 heterocycles. The molecule has 0 saturated heterocycles. The molecule has 1 N–H and O–H groups in total. The Balaban J connectivity index is 2.31. The number of anilines is 1. The number of nitro groups is 1. The maximum Gasteiger partial charge on any atom is 0.271 e. The van der Waals surface area contributed by atoms with Crippen molar-refractivity contribution in [1.29, 1.82) is 5.26 Å². The zero-order valence-electron chi connectivity index (χ0n) is 12.0. The molecular formula is C16H9ClFN3O3. The van der Waals surface area contributed by atoms with Gasteiger partial charge in [0.15, 0.2) is 0 Å². The van der Waals surface area contributed by atoms with Crippen molar-refractivity contribution in [3.63, 3.8) is 0 Å². The Morgan fingerprint density at radius 3 is 2.67 bits per heavy atom. The molecule has 0 aliphatic heterocycles. The topological polar surface area (TPSA) is 96.0 Å². The lowest BCUT2D eigenvalue weighted by molar-refractivity contribution is -0.384. The lowest BCUT2D eigenvalue weighted by Gasteiger charge is -2.06. The van der Waals surface area contributed by atoms with Crippen molar-refractivity contribution < 1.29 is 14.1 Å². The van der Waals surface area contributed by atoms with Crippen LogP contribution in [0.25, 0.3) is 6.08 Å². The van der Waals surface area contributed by atoms with Gasteiger partial charge in [0.2, 0.25) is 0 Å². The summed E-state index contributed by atoms with van der Waals surface area (Å²) in [5, 5.41) is 22.3. The van der Waals surface area contributed by atoms with E-state index in [2.05, 4.69) is 5.32 Å². The summed E-state index contributed by atoms with van der Waals surface area (Å²) in [6, 6.07) is 10.9. The molecule has 0 fully saturated rings. The van der Waals surface area contributed by atoms with Crippen LogP contribution in [-0.4, -0.2) is 10.8 Å². The van der Waals surface area contributed by atoms with Crippen molar-refractivity contribution in [1.82, 2.24) is 0 Å². The second-order valence-corrected chi connectivity index (χ2v) is 4.97. The van der Waals surface area contributed by atoms with E-state index >= 15 is 0 Å². The molecular weight excluding hydrogens is 337 g/mol. The summed E-state index contributed by atoms with van der Waals surface area (Å²) in [5.41, 5.74) is -0.672. The molecule has 2 aromatic rings. The van der Waals surface area contributed by atoms with E-state index in [9.17, 15) is 19.3 Å². The number of nitrogens with one attached hydrogen (secondary N) is 1. The van der Waals surface area contributed by atoms with Gasteiger partial charge >= 0.3 is 0 Å². The zero-order valence-corrected chi connectivity index (χ0v) is 12.7. The SMILES string of the molecule is N#C/C(=C/c1ccccc1Cl)C(=O)Nc1cc([N+](=O)[O-])ccc1F. The molecule has 6 nitrogen and oxygen atoms in total. The first-order valence-electron chi connectivity index (χ1n) is 6.54. The Morgan fingerprint density at radius 2 is 2.04 bits per heavy atom. The first-order chi connectivity index (χ1) is 11.4. The lowest BCUT2D eigenvalue weighted by atomic mass is 10.1. The molecule has 1 amide bonds. The predicted molar refractivity (Wildman–Crippen MR) is 86.7 cm³/mol. The van der Waals surface area contributed by atoms with Crippen molar-refractivity contribution in [3.05, 3.63) is 74.6 Å². The van der Waals surface area contributed by atoms with Gasteiger partial charge in [-0.05, 0) is 23.8 Å². The summed E-state index contributed by atoms with van der Waals surface area (Å²) in [6.45, 7) is 0. The molecule has 0 aromatic heterocycles. The Hall–Kier alpha value is -3.24. The molecule has 0 unspecified atom stereocenters. The number of carbonyl (C=O) groups is 1. The minimum Gasteiger partial charge on any atom is -0.319 e. The molecule has 2 aromatic carbocycles. The van der Waals surface area contributed by atoms with Crippen LogP contribution in [0.2, 0.25) is 5.02 Å². The molecule has 120 valence electrons. The number of halogens is 2. The van der Waals surface area contributed by atoms with Crippen molar-refractivity contribution in [2.75, 3.05) is 5.32 Å². The molecule has 0 atom stereocenters. The number of hydrogen-bond donors (Lipinski definition) is 1. The Bertz CT molecular complexity index is 890. The number of non-ortho nitro benzene ring substituents is 1. The Labute approximate surface area is 140 Å². The fraction of sp³-hybridized carbons (Fsp3) is 0. The summed E-state index contributed by atoms with van der Waals surface area (Å²) < 4.78 is 13.7. The molecule has 2 rings (SSSR count). The third-order valence-electron chi connectivity index (χ3n) is 2.98. The molecule has 0 aliphatic carbocycles. The summed E-state index contributed by atoms with van der Waals surface area (Å²) >= 11 is 5.95. The van der Waals surface area contributed by atoms with Crippen molar-refractivity contribution >= 4 is 35.0 Å². The predicted octanol–water partition coefficient (Wildman–Crippen LogP) is 3.93. The second kappa shape index (κ2) is 7.35. The monoisotopic (exact) mass is 345 g/mol. The fourth-order valence-corrected chi connectivity index (χ4v) is 2.00. The van der Waals surface area contributed by atoms with Crippen LogP contribution in [0.15, 0.2) is 48.0 Å². The number of rotatable bonds is 4. The molecule has 24 heavy (non-hydrogen) atoms. The average molecular weight is 346 g/mol. The fourth-order valence-electron chi connectivity index (χ4n) is 1.81. The second-order valence-electron chi connectivity index (χ2n) is 4.57. The third-order valence-corrected chi connectivity index (χ3v) is 3.32. The van der Waals surface area contributed by atoms with Crippen LogP contribution in [0.5, 0.6) is 0 Å². The quantitative estimate of drug-likeness (QED) is 0.393. The van der Waals surface area contributed by atoms with E-state index in [0.29, 0.717) is 10.6 Å². The standard InChI is InChI=1S/C16H9ClFN3O3/c17-13-4-2-1-3-10(13)7-11(9-19)16(22)20-15-8-12(21(23)24)5-6-14(15)18/h1-8H,(H,20,22)/b11-7-. The Kier molecular flexibility index (Phi) is 5.24. The molecule has 0 bridgehead atoms. The summed E-state index contributed by atoms with van der Waals surface area (Å²) in [5.74, 6) is -1.76. The van der Waals surface area contributed by atoms with Crippen LogP contribution >= 0.6 is 11.6 Å². The molecule has 8 heteroatoms. The van der Waals surface area contributed by atoms with Crippen LogP contribution in [0.3, 0.4) is 0 Å². The van der Waals surface area contributed by atoms with E-state index in [1.165, 1.54) is 6.08 Å². The average Bonchev–Trinajstić information content (AvgIpc) is 2.55. The summed E-state index contributed by atoms with van der Waals surface area (Å²) in [7, 11) is 0. The van der Waals surface area contributed by atoms with Crippen LogP contribution in [0.1, 0.15) is 5.56 Å². The largest absolute Gasteiger partial charge is 0.319 e. The van der Waals surface area contributed by atoms with Gasteiger partial charge in [-0.1, -0.05) is 29.8 Å². The van der Waals surface area contributed by atoms with Crippen molar-refractivity contribution in [2.24, 2.45) is 0 Å². The van der Waals surface area contributed by atoms with E-state index in [1.807, 2.05) is 0 Å². The Morgan fingerprint density at radius 1 is 1.33 bits per heavy atom. The van der Waals surface area contributed by atoms with Crippen LogP contribution in [0, 0.1) is 27.3 Å². The highest BCUT2D eigenvalue weighted by Gasteiger charge is 2.16. The molecule has 0 spiro atoms. The number of hydrogen-bond acceptors (Lipinski definition) is 4. The minimum atomic E-state index is -0.906. The number of nitriles is 1. The minimum absolute atomic E-state index is 0.325. The number of carbonyl (C=O) groups excluding carboxylic acids is 1. The highest BCUT2D eigenvalue weighted by atomic mass is 35.5. The smallest absolute Gasteiger partial charge is 0.271 e. The van der Waals surface area contributed by atoms with Gasteiger partial charge in [0.1, 0.15) is 17.5 Å². The van der Waals surface area contributed by atoms with E-state index < -0.39 is 22.3 Å². The highest BCUT2D eigenvalue weighted by molar-refractivity contribution is 6.32. The first kappa shape index (κ1) is 17.1. The van der Waals surface area contributed by atoms with Crippen LogP contribution in [-0.2, 0) is 4.79 Å². The number of benzene rings is 2. The lowest BCUT2D eigenvalue weighted by Crippen LogP contribution is -2.14. The van der Waals surface area contributed by atoms with Crippen molar-refractivity contribution in [3.8, 4) is 6.07 Å². The van der Waals surface area contributed by atoms with Gasteiger partial charge in [0, 0.05) is 17.2 Å².